The van der Waals surface area contributed by atoms with Crippen LogP contribution in [0.3, 0.4) is 0 Å². The number of methoxy groups -OCH3 is 1. The number of aromatic amines is 1. The Morgan fingerprint density at radius 2 is 2.06 bits per heavy atom. The van der Waals surface area contributed by atoms with E-state index in [1.807, 2.05) is 28.8 Å². The van der Waals surface area contributed by atoms with Crippen LogP contribution in [-0.2, 0) is 0 Å². The standard InChI is InChI=1S/C23H16FN3O3S/c1-30-21-17(12-4-7-16-11(9-12)3-2-8-25-16)15(24)10-14-19(21)27(13-5-6-13)23-18(20(14)28)22(29)26-31-23/h2-4,7-10,13H,5-6H2,1H3,(H,26,29). The molecule has 0 unspecified atom stereocenters. The van der Waals surface area contributed by atoms with Crippen LogP contribution in [-0.4, -0.2) is 21.0 Å². The van der Waals surface area contributed by atoms with Gasteiger partial charge in [0.1, 0.15) is 16.0 Å². The molecule has 6 nitrogen and oxygen atoms in total. The summed E-state index contributed by atoms with van der Waals surface area (Å²) in [6.07, 6.45) is 3.56. The van der Waals surface area contributed by atoms with Crippen molar-refractivity contribution in [2.45, 2.75) is 18.9 Å². The zero-order valence-electron chi connectivity index (χ0n) is 16.4. The van der Waals surface area contributed by atoms with Crippen molar-refractivity contribution < 1.29 is 9.13 Å². The fourth-order valence-electron chi connectivity index (χ4n) is 4.31. The smallest absolute Gasteiger partial charge is 0.271 e. The van der Waals surface area contributed by atoms with Crippen molar-refractivity contribution in [3.63, 3.8) is 0 Å². The summed E-state index contributed by atoms with van der Waals surface area (Å²) in [5, 5.41) is 1.11. The molecule has 1 saturated carbocycles. The van der Waals surface area contributed by atoms with E-state index in [0.29, 0.717) is 21.7 Å². The maximum atomic E-state index is 15.5. The minimum absolute atomic E-state index is 0.0791. The van der Waals surface area contributed by atoms with E-state index in [9.17, 15) is 9.59 Å². The lowest BCUT2D eigenvalue weighted by Gasteiger charge is -2.18. The molecule has 1 aliphatic rings. The number of H-pyrrole nitrogens is 1. The molecule has 6 rings (SSSR count). The van der Waals surface area contributed by atoms with Gasteiger partial charge in [-0.3, -0.25) is 18.9 Å². The van der Waals surface area contributed by atoms with Crippen LogP contribution in [0.4, 0.5) is 4.39 Å². The molecule has 2 aromatic carbocycles. The molecule has 31 heavy (non-hydrogen) atoms. The maximum Gasteiger partial charge on any atom is 0.271 e. The van der Waals surface area contributed by atoms with Crippen molar-refractivity contribution in [3.8, 4) is 16.9 Å². The highest BCUT2D eigenvalue weighted by atomic mass is 32.1. The van der Waals surface area contributed by atoms with Gasteiger partial charge in [0, 0.05) is 17.6 Å². The van der Waals surface area contributed by atoms with E-state index in [2.05, 4.69) is 9.36 Å². The summed E-state index contributed by atoms with van der Waals surface area (Å²) in [5.74, 6) is -0.275. The first kappa shape index (κ1) is 18.3. The van der Waals surface area contributed by atoms with Crippen molar-refractivity contribution in [2.75, 3.05) is 7.11 Å². The molecule has 3 aromatic heterocycles. The molecule has 0 amide bonds. The molecule has 1 fully saturated rings. The Bertz CT molecular complexity index is 1650. The first-order valence-corrected chi connectivity index (χ1v) is 10.7. The Morgan fingerprint density at radius 3 is 2.84 bits per heavy atom. The molecule has 0 radical (unpaired) electrons. The molecule has 0 atom stereocenters. The minimum Gasteiger partial charge on any atom is -0.494 e. The number of fused-ring (bicyclic) bond motifs is 3. The van der Waals surface area contributed by atoms with E-state index in [4.69, 9.17) is 4.74 Å². The second kappa shape index (κ2) is 6.49. The van der Waals surface area contributed by atoms with Gasteiger partial charge < -0.3 is 9.30 Å². The predicted molar refractivity (Wildman–Crippen MR) is 120 cm³/mol. The van der Waals surface area contributed by atoms with Gasteiger partial charge in [-0.05, 0) is 54.2 Å². The summed E-state index contributed by atoms with van der Waals surface area (Å²) < 4.78 is 25.8. The Hall–Kier alpha value is -3.52. The number of pyridine rings is 2. The molecule has 8 heteroatoms. The van der Waals surface area contributed by atoms with Gasteiger partial charge in [-0.2, -0.15) is 0 Å². The number of hydrogen-bond acceptors (Lipinski definition) is 5. The van der Waals surface area contributed by atoms with Crippen molar-refractivity contribution in [1.29, 1.82) is 0 Å². The zero-order valence-corrected chi connectivity index (χ0v) is 17.3. The summed E-state index contributed by atoms with van der Waals surface area (Å²) in [7, 11) is 1.48. The minimum atomic E-state index is -0.571. The first-order valence-electron chi connectivity index (χ1n) is 9.89. The number of benzene rings is 2. The summed E-state index contributed by atoms with van der Waals surface area (Å²) >= 11 is 1.13. The molecule has 154 valence electrons. The number of nitrogens with one attached hydrogen (secondary N) is 1. The van der Waals surface area contributed by atoms with Crippen LogP contribution in [0.15, 0.2) is 52.2 Å². The van der Waals surface area contributed by atoms with Crippen LogP contribution in [0.2, 0.25) is 0 Å². The molecule has 0 bridgehead atoms. The quantitative estimate of drug-likeness (QED) is 0.451. The lowest BCUT2D eigenvalue weighted by atomic mass is 9.98. The fourth-order valence-corrected chi connectivity index (χ4v) is 5.23. The third-order valence-corrected chi connectivity index (χ3v) is 6.71. The number of aromatic nitrogens is 3. The lowest BCUT2D eigenvalue weighted by molar-refractivity contribution is 0.416. The van der Waals surface area contributed by atoms with E-state index in [0.717, 1.165) is 35.3 Å². The molecule has 5 aromatic rings. The summed E-state index contributed by atoms with van der Waals surface area (Å²) in [6.45, 7) is 0. The predicted octanol–water partition coefficient (Wildman–Crippen LogP) is 4.60. The van der Waals surface area contributed by atoms with Crippen molar-refractivity contribution in [2.24, 2.45) is 0 Å². The molecule has 0 spiro atoms. The molecular weight excluding hydrogens is 417 g/mol. The second-order valence-electron chi connectivity index (χ2n) is 7.72. The maximum absolute atomic E-state index is 15.5. The average Bonchev–Trinajstić information content (AvgIpc) is 3.55. The topological polar surface area (TPSA) is 77.0 Å². The van der Waals surface area contributed by atoms with Crippen molar-refractivity contribution in [3.05, 3.63) is 69.0 Å². The second-order valence-corrected chi connectivity index (χ2v) is 8.51. The average molecular weight is 433 g/mol. The molecular formula is C23H16FN3O3S. The van der Waals surface area contributed by atoms with Gasteiger partial charge in [-0.25, -0.2) is 4.39 Å². The zero-order chi connectivity index (χ0) is 21.3. The third-order valence-electron chi connectivity index (χ3n) is 5.83. The van der Waals surface area contributed by atoms with E-state index in [-0.39, 0.29) is 22.4 Å². The molecule has 1 aliphatic carbocycles. The van der Waals surface area contributed by atoms with Crippen LogP contribution >= 0.6 is 11.5 Å². The number of hydrogen-bond donors (Lipinski definition) is 1. The van der Waals surface area contributed by atoms with Gasteiger partial charge in [0.05, 0.1) is 29.1 Å². The molecule has 0 saturated heterocycles. The van der Waals surface area contributed by atoms with E-state index < -0.39 is 16.8 Å². The Labute approximate surface area is 178 Å². The summed E-state index contributed by atoms with van der Waals surface area (Å²) in [5.41, 5.74) is 1.34. The largest absolute Gasteiger partial charge is 0.494 e. The summed E-state index contributed by atoms with van der Waals surface area (Å²) in [4.78, 5) is 30.3. The normalized spacial score (nSPS) is 14.0. The van der Waals surface area contributed by atoms with Gasteiger partial charge >= 0.3 is 0 Å². The monoisotopic (exact) mass is 433 g/mol. The Balaban J connectivity index is 1.79. The van der Waals surface area contributed by atoms with Gasteiger partial charge in [0.25, 0.3) is 5.56 Å². The van der Waals surface area contributed by atoms with Crippen molar-refractivity contribution in [1.82, 2.24) is 13.9 Å². The van der Waals surface area contributed by atoms with E-state index >= 15 is 4.39 Å². The molecule has 1 N–H and O–H groups in total. The molecule has 3 heterocycles. The number of rotatable bonds is 3. The Kier molecular flexibility index (Phi) is 3.82. The highest BCUT2D eigenvalue weighted by Crippen LogP contribution is 2.45. The number of halogens is 1. The van der Waals surface area contributed by atoms with E-state index in [1.165, 1.54) is 13.2 Å². The van der Waals surface area contributed by atoms with Gasteiger partial charge in [-0.15, -0.1) is 0 Å². The highest BCUT2D eigenvalue weighted by molar-refractivity contribution is 7.12. The van der Waals surface area contributed by atoms with Crippen molar-refractivity contribution >= 4 is 43.6 Å². The highest BCUT2D eigenvalue weighted by Gasteiger charge is 2.31. The number of ether oxygens (including phenoxy) is 1. The van der Waals surface area contributed by atoms with Crippen LogP contribution in [0.25, 0.3) is 43.1 Å². The van der Waals surface area contributed by atoms with Gasteiger partial charge in [0.2, 0.25) is 5.43 Å². The Morgan fingerprint density at radius 1 is 1.23 bits per heavy atom. The lowest BCUT2D eigenvalue weighted by Crippen LogP contribution is -2.16. The SMILES string of the molecule is COc1c(-c2ccc3ncccc3c2)c(F)cc2c(=O)c3c(=O)[nH]sc3n(C3CC3)c12. The van der Waals surface area contributed by atoms with Gasteiger partial charge in [-0.1, -0.05) is 12.1 Å². The fraction of sp³-hybridized carbons (Fsp3) is 0.174. The van der Waals surface area contributed by atoms with E-state index in [1.54, 1.807) is 12.3 Å². The van der Waals surface area contributed by atoms with Crippen LogP contribution in [0, 0.1) is 5.82 Å². The van der Waals surface area contributed by atoms with Crippen LogP contribution in [0.1, 0.15) is 18.9 Å². The van der Waals surface area contributed by atoms with Gasteiger partial charge in [0.15, 0.2) is 5.75 Å². The molecule has 0 aliphatic heterocycles. The third kappa shape index (κ3) is 2.58. The number of nitrogens with zero attached hydrogens (tertiary/aromatic N) is 2. The first-order chi connectivity index (χ1) is 15.1. The van der Waals surface area contributed by atoms with Crippen LogP contribution < -0.4 is 15.7 Å². The summed E-state index contributed by atoms with van der Waals surface area (Å²) in [6, 6.07) is 10.6. The van der Waals surface area contributed by atoms with Crippen LogP contribution in [0.5, 0.6) is 5.75 Å².